The summed E-state index contributed by atoms with van der Waals surface area (Å²) >= 11 is 1.70. The summed E-state index contributed by atoms with van der Waals surface area (Å²) in [6, 6.07) is 0.0774. The lowest BCUT2D eigenvalue weighted by Gasteiger charge is -2.40. The number of amides is 1. The fraction of sp³-hybridized carbons (Fsp3) is 0.765. The highest BCUT2D eigenvalue weighted by molar-refractivity contribution is 7.11. The first-order chi connectivity index (χ1) is 10.7. The molecule has 1 aromatic heterocycles. The number of piperidine rings is 1. The standard InChI is InChI=1S/C17H29N3O2S/c1-11-12(2)23-15(19-11)13(10-18)14-8-6-7-9-20(14)16(21)22-17(3,4)5/h13-14H,6-10,18H2,1-5H3. The number of thiazole rings is 1. The Morgan fingerprint density at radius 1 is 1.43 bits per heavy atom. The summed E-state index contributed by atoms with van der Waals surface area (Å²) in [5.41, 5.74) is 6.65. The first-order valence-corrected chi connectivity index (χ1v) is 9.18. The Bertz CT molecular complexity index is 531. The van der Waals surface area contributed by atoms with Crippen molar-refractivity contribution in [2.75, 3.05) is 13.1 Å². The molecule has 0 saturated carbocycles. The Balaban J connectivity index is 2.23. The van der Waals surface area contributed by atoms with Gasteiger partial charge in [0.25, 0.3) is 0 Å². The molecule has 0 aliphatic carbocycles. The first kappa shape index (κ1) is 18.2. The summed E-state index contributed by atoms with van der Waals surface area (Å²) in [4.78, 5) is 20.4. The summed E-state index contributed by atoms with van der Waals surface area (Å²) < 4.78 is 5.60. The number of carbonyl (C=O) groups is 1. The van der Waals surface area contributed by atoms with Gasteiger partial charge in [-0.3, -0.25) is 0 Å². The van der Waals surface area contributed by atoms with Crippen LogP contribution in [0.4, 0.5) is 4.79 Å². The van der Waals surface area contributed by atoms with Crippen molar-refractivity contribution in [2.24, 2.45) is 5.73 Å². The van der Waals surface area contributed by atoms with E-state index >= 15 is 0 Å². The molecule has 0 aromatic carbocycles. The Morgan fingerprint density at radius 2 is 2.13 bits per heavy atom. The zero-order valence-corrected chi connectivity index (χ0v) is 15.7. The van der Waals surface area contributed by atoms with Crippen LogP contribution in [0.5, 0.6) is 0 Å². The van der Waals surface area contributed by atoms with Crippen LogP contribution in [0.15, 0.2) is 0 Å². The minimum absolute atomic E-state index is 0.0774. The Morgan fingerprint density at radius 3 is 2.65 bits per heavy atom. The van der Waals surface area contributed by atoms with E-state index in [0.717, 1.165) is 36.5 Å². The molecule has 2 atom stereocenters. The largest absolute Gasteiger partial charge is 0.444 e. The second-order valence-electron chi connectivity index (χ2n) is 7.27. The van der Waals surface area contributed by atoms with Crippen molar-refractivity contribution >= 4 is 17.4 Å². The van der Waals surface area contributed by atoms with Crippen LogP contribution in [0.25, 0.3) is 0 Å². The highest BCUT2D eigenvalue weighted by Crippen LogP contribution is 2.33. The predicted octanol–water partition coefficient (Wildman–Crippen LogP) is 3.59. The number of carbonyl (C=O) groups excluding carboxylic acids is 1. The number of rotatable bonds is 3. The number of hydrogen-bond acceptors (Lipinski definition) is 5. The van der Waals surface area contributed by atoms with Gasteiger partial charge in [-0.05, 0) is 53.9 Å². The third-order valence-corrected chi connectivity index (χ3v) is 5.46. The summed E-state index contributed by atoms with van der Waals surface area (Å²) in [7, 11) is 0. The van der Waals surface area contributed by atoms with Crippen molar-refractivity contribution < 1.29 is 9.53 Å². The quantitative estimate of drug-likeness (QED) is 0.913. The molecule has 2 N–H and O–H groups in total. The molecule has 2 heterocycles. The average molecular weight is 340 g/mol. The smallest absolute Gasteiger partial charge is 0.410 e. The molecule has 6 heteroatoms. The Hall–Kier alpha value is -1.14. The van der Waals surface area contributed by atoms with Gasteiger partial charge in [-0.1, -0.05) is 0 Å². The number of likely N-dealkylation sites (tertiary alicyclic amines) is 1. The number of ether oxygens (including phenoxy) is 1. The maximum atomic E-state index is 12.6. The van der Waals surface area contributed by atoms with Crippen molar-refractivity contribution in [1.82, 2.24) is 9.88 Å². The molecule has 1 saturated heterocycles. The molecule has 0 radical (unpaired) electrons. The van der Waals surface area contributed by atoms with Gasteiger partial charge >= 0.3 is 6.09 Å². The van der Waals surface area contributed by atoms with Gasteiger partial charge in [0.05, 0.1) is 10.7 Å². The van der Waals surface area contributed by atoms with Crippen molar-refractivity contribution in [1.29, 1.82) is 0 Å². The van der Waals surface area contributed by atoms with Crippen molar-refractivity contribution in [3.8, 4) is 0 Å². The van der Waals surface area contributed by atoms with E-state index in [4.69, 9.17) is 10.5 Å². The molecule has 1 aliphatic heterocycles. The van der Waals surface area contributed by atoms with Gasteiger partial charge in [-0.25, -0.2) is 9.78 Å². The van der Waals surface area contributed by atoms with Gasteiger partial charge in [0.15, 0.2) is 0 Å². The molecule has 0 bridgehead atoms. The maximum absolute atomic E-state index is 12.6. The van der Waals surface area contributed by atoms with E-state index < -0.39 is 5.60 Å². The fourth-order valence-corrected chi connectivity index (χ4v) is 4.10. The van der Waals surface area contributed by atoms with E-state index in [1.54, 1.807) is 11.3 Å². The third kappa shape index (κ3) is 4.44. The van der Waals surface area contributed by atoms with Crippen LogP contribution in [0.3, 0.4) is 0 Å². The molecule has 0 spiro atoms. The number of aryl methyl sites for hydroxylation is 2. The van der Waals surface area contributed by atoms with E-state index in [1.165, 1.54) is 4.88 Å². The number of nitrogens with two attached hydrogens (primary N) is 1. The summed E-state index contributed by atoms with van der Waals surface area (Å²) in [6.45, 7) is 11.0. The van der Waals surface area contributed by atoms with Crippen LogP contribution < -0.4 is 5.73 Å². The van der Waals surface area contributed by atoms with Crippen LogP contribution in [-0.2, 0) is 4.74 Å². The lowest BCUT2D eigenvalue weighted by Crippen LogP contribution is -2.50. The van der Waals surface area contributed by atoms with Gasteiger partial charge < -0.3 is 15.4 Å². The average Bonchev–Trinajstić information content (AvgIpc) is 2.78. The molecule has 2 unspecified atom stereocenters. The Labute approximate surface area is 143 Å². The van der Waals surface area contributed by atoms with E-state index in [-0.39, 0.29) is 18.1 Å². The summed E-state index contributed by atoms with van der Waals surface area (Å²) in [6.07, 6.45) is 2.86. The fourth-order valence-electron chi connectivity index (χ4n) is 3.00. The van der Waals surface area contributed by atoms with E-state index in [0.29, 0.717) is 6.54 Å². The van der Waals surface area contributed by atoms with Crippen molar-refractivity contribution in [3.05, 3.63) is 15.6 Å². The molecule has 2 rings (SSSR count). The molecule has 130 valence electrons. The van der Waals surface area contributed by atoms with Crippen LogP contribution in [-0.4, -0.2) is 40.7 Å². The Kier molecular flexibility index (Phi) is 5.68. The van der Waals surface area contributed by atoms with Gasteiger partial charge in [-0.2, -0.15) is 0 Å². The zero-order chi connectivity index (χ0) is 17.2. The summed E-state index contributed by atoms with van der Waals surface area (Å²) in [5.74, 6) is 0.0835. The second kappa shape index (κ2) is 7.18. The van der Waals surface area contributed by atoms with E-state index in [1.807, 2.05) is 32.6 Å². The minimum atomic E-state index is -0.481. The molecule has 23 heavy (non-hydrogen) atoms. The van der Waals surface area contributed by atoms with Crippen molar-refractivity contribution in [2.45, 2.75) is 71.4 Å². The molecule has 1 fully saturated rings. The molecular weight excluding hydrogens is 310 g/mol. The topological polar surface area (TPSA) is 68.5 Å². The van der Waals surface area contributed by atoms with Crippen LogP contribution in [0.1, 0.15) is 61.5 Å². The number of nitrogens with zero attached hydrogens (tertiary/aromatic N) is 2. The second-order valence-corrected chi connectivity index (χ2v) is 8.51. The minimum Gasteiger partial charge on any atom is -0.444 e. The van der Waals surface area contributed by atoms with Gasteiger partial charge in [0.2, 0.25) is 0 Å². The van der Waals surface area contributed by atoms with Gasteiger partial charge in [0.1, 0.15) is 5.60 Å². The third-order valence-electron chi connectivity index (χ3n) is 4.26. The lowest BCUT2D eigenvalue weighted by atomic mass is 9.91. The zero-order valence-electron chi connectivity index (χ0n) is 14.9. The molecule has 1 aromatic rings. The number of hydrogen-bond donors (Lipinski definition) is 1. The van der Waals surface area contributed by atoms with E-state index in [2.05, 4.69) is 11.9 Å². The maximum Gasteiger partial charge on any atom is 0.410 e. The lowest BCUT2D eigenvalue weighted by molar-refractivity contribution is 0.00664. The molecule has 1 amide bonds. The SMILES string of the molecule is Cc1nc(C(CN)C2CCCCN2C(=O)OC(C)(C)C)sc1C. The highest BCUT2D eigenvalue weighted by atomic mass is 32.1. The monoisotopic (exact) mass is 339 g/mol. The first-order valence-electron chi connectivity index (χ1n) is 8.36. The van der Waals surface area contributed by atoms with Crippen LogP contribution in [0, 0.1) is 13.8 Å². The normalized spacial score (nSPS) is 20.4. The number of aromatic nitrogens is 1. The molecule has 1 aliphatic rings. The van der Waals surface area contributed by atoms with Crippen LogP contribution >= 0.6 is 11.3 Å². The van der Waals surface area contributed by atoms with Gasteiger partial charge in [-0.15, -0.1) is 11.3 Å². The summed E-state index contributed by atoms with van der Waals surface area (Å²) in [5, 5.41) is 1.04. The molecular formula is C17H29N3O2S. The van der Waals surface area contributed by atoms with Crippen LogP contribution in [0.2, 0.25) is 0 Å². The van der Waals surface area contributed by atoms with E-state index in [9.17, 15) is 4.79 Å². The predicted molar refractivity (Wildman–Crippen MR) is 94.0 cm³/mol. The van der Waals surface area contributed by atoms with Gasteiger partial charge in [0, 0.05) is 29.9 Å². The highest BCUT2D eigenvalue weighted by Gasteiger charge is 2.36. The molecule has 5 nitrogen and oxygen atoms in total. The van der Waals surface area contributed by atoms with Crippen molar-refractivity contribution in [3.63, 3.8) is 0 Å².